The molecule has 0 spiro atoms. The van der Waals surface area contributed by atoms with E-state index in [-0.39, 0.29) is 11.9 Å². The van der Waals surface area contributed by atoms with Gasteiger partial charge >= 0.3 is 0 Å². The van der Waals surface area contributed by atoms with Crippen molar-refractivity contribution in [3.8, 4) is 0 Å². The van der Waals surface area contributed by atoms with Crippen LogP contribution in [0.5, 0.6) is 0 Å². The third-order valence-corrected chi connectivity index (χ3v) is 4.98. The molecule has 5 nitrogen and oxygen atoms in total. The number of fused-ring (bicyclic) bond motifs is 1. The fourth-order valence-corrected chi connectivity index (χ4v) is 3.64. The van der Waals surface area contributed by atoms with Crippen LogP contribution in [-0.4, -0.2) is 46.5 Å². The maximum Gasteiger partial charge on any atom is 0.256 e. The molecule has 1 aromatic carbocycles. The number of benzene rings is 1. The molecule has 2 aromatic heterocycles. The van der Waals surface area contributed by atoms with E-state index in [4.69, 9.17) is 11.6 Å². The zero-order valence-electron chi connectivity index (χ0n) is 13.9. The van der Waals surface area contributed by atoms with Crippen molar-refractivity contribution in [2.45, 2.75) is 13.0 Å². The van der Waals surface area contributed by atoms with E-state index in [1.807, 2.05) is 35.2 Å². The number of aromatic amines is 1. The highest BCUT2D eigenvalue weighted by atomic mass is 35.5. The minimum atomic E-state index is 0.0532. The van der Waals surface area contributed by atoms with Gasteiger partial charge in [-0.25, -0.2) is 4.98 Å². The highest BCUT2D eigenvalue weighted by Gasteiger charge is 2.29. The van der Waals surface area contributed by atoms with E-state index in [9.17, 15) is 4.79 Å². The van der Waals surface area contributed by atoms with Gasteiger partial charge in [-0.15, -0.1) is 0 Å². The number of pyridine rings is 1. The van der Waals surface area contributed by atoms with Crippen molar-refractivity contribution in [2.75, 3.05) is 24.5 Å². The van der Waals surface area contributed by atoms with E-state index in [2.05, 4.69) is 27.9 Å². The van der Waals surface area contributed by atoms with E-state index in [0.29, 0.717) is 12.1 Å². The van der Waals surface area contributed by atoms with Gasteiger partial charge in [0.2, 0.25) is 0 Å². The predicted molar refractivity (Wildman–Crippen MR) is 100 cm³/mol. The molecule has 0 bridgehead atoms. The number of nitrogens with one attached hydrogen (secondary N) is 1. The lowest BCUT2D eigenvalue weighted by Crippen LogP contribution is -2.54. The van der Waals surface area contributed by atoms with Crippen LogP contribution in [-0.2, 0) is 0 Å². The second-order valence-corrected chi connectivity index (χ2v) is 6.81. The summed E-state index contributed by atoms with van der Waals surface area (Å²) in [6.45, 7) is 4.34. The van der Waals surface area contributed by atoms with Gasteiger partial charge in [-0.3, -0.25) is 4.79 Å². The van der Waals surface area contributed by atoms with Crippen LogP contribution in [0.4, 0.5) is 5.69 Å². The van der Waals surface area contributed by atoms with Crippen LogP contribution < -0.4 is 4.90 Å². The van der Waals surface area contributed by atoms with Crippen LogP contribution in [0.25, 0.3) is 11.0 Å². The summed E-state index contributed by atoms with van der Waals surface area (Å²) in [7, 11) is 0. The molecule has 1 N–H and O–H groups in total. The van der Waals surface area contributed by atoms with E-state index in [1.54, 1.807) is 12.4 Å². The molecule has 3 aromatic rings. The SMILES string of the molecule is CC1CN(c2cccc(Cl)c2)CCN1C(=O)c1c[nH]c2ncccc12. The summed E-state index contributed by atoms with van der Waals surface area (Å²) in [6.07, 6.45) is 3.48. The van der Waals surface area contributed by atoms with E-state index in [1.165, 1.54) is 0 Å². The number of carbonyl (C=O) groups is 1. The predicted octanol–water partition coefficient (Wildman–Crippen LogP) is 3.57. The number of carbonyl (C=O) groups excluding carboxylic acids is 1. The van der Waals surface area contributed by atoms with Crippen LogP contribution in [0, 0.1) is 0 Å². The molecule has 1 aliphatic rings. The number of hydrogen-bond acceptors (Lipinski definition) is 3. The molecule has 1 unspecified atom stereocenters. The number of rotatable bonds is 2. The molecular formula is C19H19ClN4O. The van der Waals surface area contributed by atoms with Gasteiger partial charge in [0.15, 0.2) is 0 Å². The highest BCUT2D eigenvalue weighted by Crippen LogP contribution is 2.25. The minimum absolute atomic E-state index is 0.0532. The number of H-pyrrole nitrogens is 1. The first-order chi connectivity index (χ1) is 12.1. The standard InChI is InChI=1S/C19H19ClN4O/c1-13-12-23(15-5-2-4-14(20)10-15)8-9-24(13)19(25)17-11-22-18-16(17)6-3-7-21-18/h2-7,10-11,13H,8-9,12H2,1H3,(H,21,22). The Bertz CT molecular complexity index is 922. The fourth-order valence-electron chi connectivity index (χ4n) is 3.45. The normalized spacial score (nSPS) is 17.9. The Labute approximate surface area is 151 Å². The number of anilines is 1. The van der Waals surface area contributed by atoms with Gasteiger partial charge < -0.3 is 14.8 Å². The summed E-state index contributed by atoms with van der Waals surface area (Å²) in [5, 5.41) is 1.60. The highest BCUT2D eigenvalue weighted by molar-refractivity contribution is 6.30. The van der Waals surface area contributed by atoms with E-state index >= 15 is 0 Å². The van der Waals surface area contributed by atoms with Gasteiger partial charge in [0.1, 0.15) is 5.65 Å². The Kier molecular flexibility index (Phi) is 4.09. The molecule has 0 aliphatic carbocycles. The number of amides is 1. The van der Waals surface area contributed by atoms with Crippen molar-refractivity contribution in [1.29, 1.82) is 0 Å². The minimum Gasteiger partial charge on any atom is -0.368 e. The summed E-state index contributed by atoms with van der Waals surface area (Å²) in [4.78, 5) is 24.6. The Balaban J connectivity index is 1.54. The third kappa shape index (κ3) is 2.96. The van der Waals surface area contributed by atoms with Crippen molar-refractivity contribution in [1.82, 2.24) is 14.9 Å². The van der Waals surface area contributed by atoms with Gasteiger partial charge in [-0.05, 0) is 37.3 Å². The maximum atomic E-state index is 13.0. The first kappa shape index (κ1) is 16.0. The lowest BCUT2D eigenvalue weighted by molar-refractivity contribution is 0.0676. The molecule has 3 heterocycles. The molecular weight excluding hydrogens is 336 g/mol. The second-order valence-electron chi connectivity index (χ2n) is 6.38. The number of halogens is 1. The fraction of sp³-hybridized carbons (Fsp3) is 0.263. The summed E-state index contributed by atoms with van der Waals surface area (Å²) in [6, 6.07) is 11.8. The van der Waals surface area contributed by atoms with Gasteiger partial charge in [0, 0.05) is 54.2 Å². The zero-order valence-corrected chi connectivity index (χ0v) is 14.7. The van der Waals surface area contributed by atoms with Crippen LogP contribution in [0.15, 0.2) is 48.8 Å². The first-order valence-corrected chi connectivity index (χ1v) is 8.75. The Hall–Kier alpha value is -2.53. The van der Waals surface area contributed by atoms with Crippen molar-refractivity contribution < 1.29 is 4.79 Å². The number of piperazine rings is 1. The summed E-state index contributed by atoms with van der Waals surface area (Å²) < 4.78 is 0. The van der Waals surface area contributed by atoms with E-state index < -0.39 is 0 Å². The third-order valence-electron chi connectivity index (χ3n) is 4.74. The summed E-state index contributed by atoms with van der Waals surface area (Å²) in [5.41, 5.74) is 2.53. The molecule has 0 radical (unpaired) electrons. The molecule has 0 saturated carbocycles. The molecule has 1 amide bonds. The number of hydrogen-bond donors (Lipinski definition) is 1. The molecule has 1 aliphatic heterocycles. The van der Waals surface area contributed by atoms with Crippen LogP contribution in [0.3, 0.4) is 0 Å². The smallest absolute Gasteiger partial charge is 0.256 e. The lowest BCUT2D eigenvalue weighted by Gasteiger charge is -2.41. The molecule has 1 fully saturated rings. The van der Waals surface area contributed by atoms with Crippen molar-refractivity contribution >= 4 is 34.2 Å². The topological polar surface area (TPSA) is 52.2 Å². The average Bonchev–Trinajstić information content (AvgIpc) is 3.05. The molecule has 1 saturated heterocycles. The van der Waals surface area contributed by atoms with Crippen LogP contribution in [0.1, 0.15) is 17.3 Å². The Morgan fingerprint density at radius 3 is 2.96 bits per heavy atom. The molecule has 128 valence electrons. The van der Waals surface area contributed by atoms with Gasteiger partial charge in [-0.1, -0.05) is 17.7 Å². The summed E-state index contributed by atoms with van der Waals surface area (Å²) in [5.74, 6) is 0.0532. The zero-order chi connectivity index (χ0) is 17.4. The molecule has 1 atom stereocenters. The Morgan fingerprint density at radius 1 is 1.28 bits per heavy atom. The molecule has 4 rings (SSSR count). The quantitative estimate of drug-likeness (QED) is 0.765. The Morgan fingerprint density at radius 2 is 2.16 bits per heavy atom. The second kappa shape index (κ2) is 6.41. The van der Waals surface area contributed by atoms with Gasteiger partial charge in [0.25, 0.3) is 5.91 Å². The first-order valence-electron chi connectivity index (χ1n) is 8.37. The summed E-state index contributed by atoms with van der Waals surface area (Å²) >= 11 is 6.10. The maximum absolute atomic E-state index is 13.0. The average molecular weight is 355 g/mol. The van der Waals surface area contributed by atoms with E-state index in [0.717, 1.165) is 34.8 Å². The van der Waals surface area contributed by atoms with Crippen molar-refractivity contribution in [3.05, 3.63) is 59.4 Å². The van der Waals surface area contributed by atoms with Crippen molar-refractivity contribution in [2.24, 2.45) is 0 Å². The largest absolute Gasteiger partial charge is 0.368 e. The van der Waals surface area contributed by atoms with Gasteiger partial charge in [-0.2, -0.15) is 0 Å². The van der Waals surface area contributed by atoms with Gasteiger partial charge in [0.05, 0.1) is 5.56 Å². The molecule has 6 heteroatoms. The number of nitrogens with zero attached hydrogens (tertiary/aromatic N) is 3. The number of aromatic nitrogens is 2. The van der Waals surface area contributed by atoms with Crippen LogP contribution >= 0.6 is 11.6 Å². The lowest BCUT2D eigenvalue weighted by atomic mass is 10.1. The van der Waals surface area contributed by atoms with Crippen molar-refractivity contribution in [3.63, 3.8) is 0 Å². The van der Waals surface area contributed by atoms with Crippen LogP contribution in [0.2, 0.25) is 5.02 Å². The molecule has 25 heavy (non-hydrogen) atoms. The monoisotopic (exact) mass is 354 g/mol.